The van der Waals surface area contributed by atoms with Gasteiger partial charge in [-0.05, 0) is 18.1 Å². The molecule has 0 spiro atoms. The Kier molecular flexibility index (Phi) is 4.36. The van der Waals surface area contributed by atoms with E-state index in [-0.39, 0.29) is 5.91 Å². The number of methoxy groups -OCH3 is 1. The first-order valence-corrected chi connectivity index (χ1v) is 6.12. The molecule has 0 aliphatic heterocycles. The SMILES string of the molecule is COCCC(=O)NCCc1c[nH]c2ccccc12. The third-order valence-electron chi connectivity index (χ3n) is 2.92. The molecule has 1 aromatic carbocycles. The Labute approximate surface area is 106 Å². The van der Waals surface area contributed by atoms with Gasteiger partial charge in [-0.15, -0.1) is 0 Å². The lowest BCUT2D eigenvalue weighted by Gasteiger charge is -2.04. The summed E-state index contributed by atoms with van der Waals surface area (Å²) in [7, 11) is 1.60. The molecule has 1 heterocycles. The summed E-state index contributed by atoms with van der Waals surface area (Å²) < 4.78 is 4.86. The maximum absolute atomic E-state index is 11.4. The second-order valence-corrected chi connectivity index (χ2v) is 4.20. The topological polar surface area (TPSA) is 54.1 Å². The lowest BCUT2D eigenvalue weighted by atomic mass is 10.1. The van der Waals surface area contributed by atoms with E-state index in [1.54, 1.807) is 7.11 Å². The van der Waals surface area contributed by atoms with Gasteiger partial charge in [0, 0.05) is 37.2 Å². The maximum Gasteiger partial charge on any atom is 0.222 e. The summed E-state index contributed by atoms with van der Waals surface area (Å²) in [5.41, 5.74) is 2.37. The number of fused-ring (bicyclic) bond motifs is 1. The Hall–Kier alpha value is -1.81. The number of hydrogen-bond donors (Lipinski definition) is 2. The van der Waals surface area contributed by atoms with Crippen molar-refractivity contribution < 1.29 is 9.53 Å². The van der Waals surface area contributed by atoms with Crippen molar-refractivity contribution >= 4 is 16.8 Å². The van der Waals surface area contributed by atoms with Crippen molar-refractivity contribution in [3.05, 3.63) is 36.0 Å². The summed E-state index contributed by atoms with van der Waals surface area (Å²) in [5, 5.41) is 4.11. The zero-order valence-corrected chi connectivity index (χ0v) is 10.5. The van der Waals surface area contributed by atoms with Crippen molar-refractivity contribution in [1.29, 1.82) is 0 Å². The molecule has 0 bridgehead atoms. The van der Waals surface area contributed by atoms with E-state index < -0.39 is 0 Å². The van der Waals surface area contributed by atoms with Gasteiger partial charge >= 0.3 is 0 Å². The number of nitrogens with one attached hydrogen (secondary N) is 2. The molecule has 1 amide bonds. The Morgan fingerprint density at radius 2 is 2.22 bits per heavy atom. The number of ether oxygens (including phenoxy) is 1. The van der Waals surface area contributed by atoms with Gasteiger partial charge in [-0.25, -0.2) is 0 Å². The fraction of sp³-hybridized carbons (Fsp3) is 0.357. The minimum Gasteiger partial charge on any atom is -0.384 e. The molecular weight excluding hydrogens is 228 g/mol. The quantitative estimate of drug-likeness (QED) is 0.817. The Morgan fingerprint density at radius 3 is 3.06 bits per heavy atom. The third-order valence-corrected chi connectivity index (χ3v) is 2.92. The van der Waals surface area contributed by atoms with E-state index in [9.17, 15) is 4.79 Å². The molecule has 18 heavy (non-hydrogen) atoms. The zero-order valence-electron chi connectivity index (χ0n) is 10.5. The summed E-state index contributed by atoms with van der Waals surface area (Å²) in [6.45, 7) is 1.13. The second kappa shape index (κ2) is 6.21. The van der Waals surface area contributed by atoms with Crippen LogP contribution in [0.25, 0.3) is 10.9 Å². The summed E-state index contributed by atoms with van der Waals surface area (Å²) in [5.74, 6) is 0.0386. The highest BCUT2D eigenvalue weighted by molar-refractivity contribution is 5.83. The monoisotopic (exact) mass is 246 g/mol. The van der Waals surface area contributed by atoms with Crippen LogP contribution < -0.4 is 5.32 Å². The molecule has 2 aromatic rings. The molecule has 0 aliphatic rings. The van der Waals surface area contributed by atoms with Gasteiger partial charge in [0.25, 0.3) is 0 Å². The average Bonchev–Trinajstić information content (AvgIpc) is 2.80. The van der Waals surface area contributed by atoms with Crippen LogP contribution in [-0.4, -0.2) is 31.2 Å². The number of carbonyl (C=O) groups excluding carboxylic acids is 1. The number of H-pyrrole nitrogens is 1. The lowest BCUT2D eigenvalue weighted by molar-refractivity contribution is -0.121. The van der Waals surface area contributed by atoms with Crippen molar-refractivity contribution in [2.75, 3.05) is 20.3 Å². The fourth-order valence-electron chi connectivity index (χ4n) is 1.96. The van der Waals surface area contributed by atoms with Gasteiger partial charge in [-0.3, -0.25) is 4.79 Å². The number of amides is 1. The second-order valence-electron chi connectivity index (χ2n) is 4.20. The normalized spacial score (nSPS) is 10.7. The molecule has 2 N–H and O–H groups in total. The summed E-state index contributed by atoms with van der Waals surface area (Å²) in [6.07, 6.45) is 3.26. The summed E-state index contributed by atoms with van der Waals surface area (Å²) >= 11 is 0. The van der Waals surface area contributed by atoms with Crippen molar-refractivity contribution in [3.8, 4) is 0 Å². The number of benzene rings is 1. The van der Waals surface area contributed by atoms with Crippen molar-refractivity contribution in [2.45, 2.75) is 12.8 Å². The predicted molar refractivity (Wildman–Crippen MR) is 71.5 cm³/mol. The largest absolute Gasteiger partial charge is 0.384 e. The minimum absolute atomic E-state index is 0.0386. The van der Waals surface area contributed by atoms with Crippen LogP contribution in [0.15, 0.2) is 30.5 Å². The van der Waals surface area contributed by atoms with Crippen LogP contribution >= 0.6 is 0 Å². The Bertz CT molecular complexity index is 519. The third kappa shape index (κ3) is 3.11. The van der Waals surface area contributed by atoms with Crippen LogP contribution in [0, 0.1) is 0 Å². The first-order chi connectivity index (χ1) is 8.81. The predicted octanol–water partition coefficient (Wildman–Crippen LogP) is 1.86. The number of rotatable bonds is 6. The van der Waals surface area contributed by atoms with E-state index >= 15 is 0 Å². The molecule has 96 valence electrons. The van der Waals surface area contributed by atoms with Crippen LogP contribution in [0.5, 0.6) is 0 Å². The van der Waals surface area contributed by atoms with E-state index in [1.807, 2.05) is 18.3 Å². The summed E-state index contributed by atoms with van der Waals surface area (Å²) in [6, 6.07) is 8.18. The molecule has 4 nitrogen and oxygen atoms in total. The fourth-order valence-corrected chi connectivity index (χ4v) is 1.96. The van der Waals surface area contributed by atoms with Crippen molar-refractivity contribution in [3.63, 3.8) is 0 Å². The van der Waals surface area contributed by atoms with Crippen LogP contribution in [0.3, 0.4) is 0 Å². The highest BCUT2D eigenvalue weighted by Gasteiger charge is 2.04. The van der Waals surface area contributed by atoms with E-state index in [0.717, 1.165) is 11.9 Å². The van der Waals surface area contributed by atoms with Crippen LogP contribution in [0.2, 0.25) is 0 Å². The first-order valence-electron chi connectivity index (χ1n) is 6.12. The smallest absolute Gasteiger partial charge is 0.222 e. The van der Waals surface area contributed by atoms with Gasteiger partial charge in [0.05, 0.1) is 6.61 Å². The molecule has 1 aromatic heterocycles. The average molecular weight is 246 g/mol. The van der Waals surface area contributed by atoms with Gasteiger partial charge in [-0.1, -0.05) is 18.2 Å². The number of para-hydroxylation sites is 1. The molecule has 0 fully saturated rings. The van der Waals surface area contributed by atoms with Gasteiger partial charge in [0.2, 0.25) is 5.91 Å². The molecule has 0 saturated heterocycles. The highest BCUT2D eigenvalue weighted by atomic mass is 16.5. The highest BCUT2D eigenvalue weighted by Crippen LogP contribution is 2.17. The van der Waals surface area contributed by atoms with Gasteiger partial charge in [0.15, 0.2) is 0 Å². The molecule has 0 atom stereocenters. The molecule has 0 aliphatic carbocycles. The van der Waals surface area contributed by atoms with E-state index in [0.29, 0.717) is 19.6 Å². The molecule has 0 saturated carbocycles. The van der Waals surface area contributed by atoms with E-state index in [2.05, 4.69) is 22.4 Å². The standard InChI is InChI=1S/C14H18N2O2/c1-18-9-7-14(17)15-8-6-11-10-16-13-5-3-2-4-12(11)13/h2-5,10,16H,6-9H2,1H3,(H,15,17). The minimum atomic E-state index is 0.0386. The molecule has 0 unspecified atom stereocenters. The van der Waals surface area contributed by atoms with Gasteiger partial charge < -0.3 is 15.0 Å². The Balaban J connectivity index is 1.85. The molecule has 2 rings (SSSR count). The zero-order chi connectivity index (χ0) is 12.8. The number of aromatic nitrogens is 1. The molecule has 0 radical (unpaired) electrons. The number of hydrogen-bond acceptors (Lipinski definition) is 2. The number of aromatic amines is 1. The Morgan fingerprint density at radius 1 is 1.39 bits per heavy atom. The van der Waals surface area contributed by atoms with Crippen LogP contribution in [-0.2, 0) is 16.0 Å². The van der Waals surface area contributed by atoms with Gasteiger partial charge in [0.1, 0.15) is 0 Å². The van der Waals surface area contributed by atoms with E-state index in [4.69, 9.17) is 4.74 Å². The summed E-state index contributed by atoms with van der Waals surface area (Å²) in [4.78, 5) is 14.6. The van der Waals surface area contributed by atoms with Crippen LogP contribution in [0.4, 0.5) is 0 Å². The van der Waals surface area contributed by atoms with Crippen molar-refractivity contribution in [2.24, 2.45) is 0 Å². The van der Waals surface area contributed by atoms with Gasteiger partial charge in [-0.2, -0.15) is 0 Å². The first kappa shape index (κ1) is 12.6. The lowest BCUT2D eigenvalue weighted by Crippen LogP contribution is -2.26. The van der Waals surface area contributed by atoms with Crippen LogP contribution in [0.1, 0.15) is 12.0 Å². The van der Waals surface area contributed by atoms with Crippen molar-refractivity contribution in [1.82, 2.24) is 10.3 Å². The molecular formula is C14H18N2O2. The van der Waals surface area contributed by atoms with E-state index in [1.165, 1.54) is 10.9 Å². The number of carbonyl (C=O) groups is 1. The molecule has 4 heteroatoms. The maximum atomic E-state index is 11.4.